The van der Waals surface area contributed by atoms with Gasteiger partial charge in [-0.2, -0.15) is 4.98 Å². The smallest absolute Gasteiger partial charge is 0.268 e. The molecule has 0 aliphatic carbocycles. The summed E-state index contributed by atoms with van der Waals surface area (Å²) in [6, 6.07) is 3.82. The van der Waals surface area contributed by atoms with E-state index in [-0.39, 0.29) is 0 Å². The number of hydrogen-bond donors (Lipinski definition) is 1. The quantitative estimate of drug-likeness (QED) is 0.844. The van der Waals surface area contributed by atoms with Crippen LogP contribution in [0.2, 0.25) is 0 Å². The molecule has 2 aromatic rings. The lowest BCUT2D eigenvalue weighted by Gasteiger charge is -1.97. The molecular weight excluding hydrogens is 200 g/mol. The van der Waals surface area contributed by atoms with Crippen LogP contribution in [0.25, 0.3) is 10.8 Å². The zero-order valence-electron chi connectivity index (χ0n) is 7.67. The van der Waals surface area contributed by atoms with Crippen LogP contribution >= 0.6 is 11.3 Å². The van der Waals surface area contributed by atoms with E-state index in [9.17, 15) is 5.11 Å². The first-order chi connectivity index (χ1) is 6.81. The van der Waals surface area contributed by atoms with Crippen molar-refractivity contribution in [2.24, 2.45) is 0 Å². The normalized spacial score (nSPS) is 13.0. The highest BCUT2D eigenvalue weighted by molar-refractivity contribution is 7.13. The first kappa shape index (κ1) is 9.36. The van der Waals surface area contributed by atoms with Crippen molar-refractivity contribution in [1.82, 2.24) is 10.1 Å². The van der Waals surface area contributed by atoms with Gasteiger partial charge in [0.05, 0.1) is 4.88 Å². The summed E-state index contributed by atoms with van der Waals surface area (Å²) in [6.45, 7) is 1.87. The summed E-state index contributed by atoms with van der Waals surface area (Å²) < 4.78 is 5.02. The van der Waals surface area contributed by atoms with Gasteiger partial charge in [-0.15, -0.1) is 11.3 Å². The van der Waals surface area contributed by atoms with E-state index < -0.39 is 6.10 Å². The van der Waals surface area contributed by atoms with Crippen LogP contribution < -0.4 is 0 Å². The van der Waals surface area contributed by atoms with Crippen LogP contribution in [-0.4, -0.2) is 15.2 Å². The number of aliphatic hydroxyl groups excluding tert-OH is 1. The van der Waals surface area contributed by atoms with E-state index in [1.54, 1.807) is 0 Å². The lowest BCUT2D eigenvalue weighted by Crippen LogP contribution is -1.97. The molecule has 2 heterocycles. The summed E-state index contributed by atoms with van der Waals surface area (Å²) in [4.78, 5) is 5.03. The molecule has 74 valence electrons. The molecule has 1 atom stereocenters. The van der Waals surface area contributed by atoms with Crippen molar-refractivity contribution in [3.05, 3.63) is 23.3 Å². The molecule has 0 aliphatic heterocycles. The van der Waals surface area contributed by atoms with Crippen molar-refractivity contribution in [2.75, 3.05) is 0 Å². The molecule has 1 unspecified atom stereocenters. The second-order valence-electron chi connectivity index (χ2n) is 2.86. The molecule has 0 spiro atoms. The van der Waals surface area contributed by atoms with Gasteiger partial charge in [0.15, 0.2) is 0 Å². The van der Waals surface area contributed by atoms with Crippen molar-refractivity contribution < 1.29 is 9.63 Å². The molecule has 0 saturated heterocycles. The van der Waals surface area contributed by atoms with E-state index in [0.29, 0.717) is 18.1 Å². The topological polar surface area (TPSA) is 59.2 Å². The molecule has 0 aromatic carbocycles. The van der Waals surface area contributed by atoms with Crippen LogP contribution in [0, 0.1) is 0 Å². The highest BCUT2D eigenvalue weighted by Gasteiger charge is 2.14. The zero-order valence-corrected chi connectivity index (χ0v) is 8.49. The number of aliphatic hydroxyl groups is 1. The summed E-state index contributed by atoms with van der Waals surface area (Å²) in [5.74, 6) is 0.832. The molecule has 0 radical (unpaired) electrons. The van der Waals surface area contributed by atoms with Gasteiger partial charge in [0.1, 0.15) is 6.10 Å². The van der Waals surface area contributed by atoms with Gasteiger partial charge in [-0.05, 0) is 17.9 Å². The predicted molar refractivity (Wildman–Crippen MR) is 52.9 cm³/mol. The number of rotatable bonds is 3. The van der Waals surface area contributed by atoms with E-state index in [2.05, 4.69) is 10.1 Å². The Bertz CT molecular complexity index is 397. The largest absolute Gasteiger partial charge is 0.385 e. The Morgan fingerprint density at radius 2 is 2.50 bits per heavy atom. The molecule has 14 heavy (non-hydrogen) atoms. The number of thiophene rings is 1. The molecular formula is C9H10N2O2S. The minimum atomic E-state index is -0.632. The van der Waals surface area contributed by atoms with E-state index in [1.807, 2.05) is 24.4 Å². The summed E-state index contributed by atoms with van der Waals surface area (Å²) in [5, 5.41) is 15.1. The first-order valence-corrected chi connectivity index (χ1v) is 5.24. The molecule has 2 rings (SSSR count). The molecule has 0 saturated carbocycles. The molecule has 0 aliphatic rings. The molecule has 0 fully saturated rings. The fraction of sp³-hybridized carbons (Fsp3) is 0.333. The third-order valence-electron chi connectivity index (χ3n) is 1.86. The molecule has 0 amide bonds. The standard InChI is InChI=1S/C9H10N2O2S/c1-2-6(12)8-10-9(13-11-8)7-4-3-5-14-7/h3-6,12H,2H2,1H3. The average molecular weight is 210 g/mol. The Morgan fingerprint density at radius 3 is 3.14 bits per heavy atom. The van der Waals surface area contributed by atoms with Crippen LogP contribution in [0.3, 0.4) is 0 Å². The average Bonchev–Trinajstić information content (AvgIpc) is 2.86. The molecule has 2 aromatic heterocycles. The van der Waals surface area contributed by atoms with Crippen molar-refractivity contribution in [2.45, 2.75) is 19.4 Å². The van der Waals surface area contributed by atoms with Gasteiger partial charge < -0.3 is 9.63 Å². The zero-order chi connectivity index (χ0) is 9.97. The monoisotopic (exact) mass is 210 g/mol. The third kappa shape index (κ3) is 1.69. The van der Waals surface area contributed by atoms with E-state index in [1.165, 1.54) is 11.3 Å². The fourth-order valence-electron chi connectivity index (χ4n) is 1.05. The minimum Gasteiger partial charge on any atom is -0.385 e. The summed E-state index contributed by atoms with van der Waals surface area (Å²) >= 11 is 1.53. The van der Waals surface area contributed by atoms with Gasteiger partial charge in [0.25, 0.3) is 5.89 Å². The van der Waals surface area contributed by atoms with Crippen molar-refractivity contribution in [1.29, 1.82) is 0 Å². The second-order valence-corrected chi connectivity index (χ2v) is 3.81. The van der Waals surface area contributed by atoms with E-state index in [4.69, 9.17) is 4.52 Å². The molecule has 1 N–H and O–H groups in total. The maximum Gasteiger partial charge on any atom is 0.268 e. The Balaban J connectivity index is 2.26. The van der Waals surface area contributed by atoms with Gasteiger partial charge in [-0.3, -0.25) is 0 Å². The molecule has 4 nitrogen and oxygen atoms in total. The number of nitrogens with zero attached hydrogens (tertiary/aromatic N) is 2. The Morgan fingerprint density at radius 1 is 1.64 bits per heavy atom. The van der Waals surface area contributed by atoms with Crippen LogP contribution in [0.15, 0.2) is 22.0 Å². The van der Waals surface area contributed by atoms with Gasteiger partial charge in [0, 0.05) is 0 Å². The highest BCUT2D eigenvalue weighted by atomic mass is 32.1. The van der Waals surface area contributed by atoms with Gasteiger partial charge in [-0.1, -0.05) is 18.1 Å². The summed E-state index contributed by atoms with van der Waals surface area (Å²) in [6.07, 6.45) is -0.0453. The summed E-state index contributed by atoms with van der Waals surface area (Å²) in [5.41, 5.74) is 0. The lowest BCUT2D eigenvalue weighted by molar-refractivity contribution is 0.159. The van der Waals surface area contributed by atoms with E-state index >= 15 is 0 Å². The van der Waals surface area contributed by atoms with Gasteiger partial charge in [0.2, 0.25) is 5.82 Å². The third-order valence-corrected chi connectivity index (χ3v) is 2.72. The number of hydrogen-bond acceptors (Lipinski definition) is 5. The van der Waals surface area contributed by atoms with E-state index in [0.717, 1.165) is 4.88 Å². The minimum absolute atomic E-state index is 0.357. The van der Waals surface area contributed by atoms with Crippen molar-refractivity contribution >= 4 is 11.3 Å². The molecule has 5 heteroatoms. The van der Waals surface area contributed by atoms with Crippen molar-refractivity contribution in [3.8, 4) is 10.8 Å². The van der Waals surface area contributed by atoms with Gasteiger partial charge >= 0.3 is 0 Å². The van der Waals surface area contributed by atoms with Gasteiger partial charge in [-0.25, -0.2) is 0 Å². The number of aromatic nitrogens is 2. The van der Waals surface area contributed by atoms with Crippen molar-refractivity contribution in [3.63, 3.8) is 0 Å². The van der Waals surface area contributed by atoms with Crippen LogP contribution in [0.4, 0.5) is 0 Å². The Labute approximate surface area is 85.2 Å². The first-order valence-electron chi connectivity index (χ1n) is 4.36. The second kappa shape index (κ2) is 3.89. The van der Waals surface area contributed by atoms with Crippen LogP contribution in [0.1, 0.15) is 25.3 Å². The highest BCUT2D eigenvalue weighted by Crippen LogP contribution is 2.24. The SMILES string of the molecule is CCC(O)c1noc(-c2cccs2)n1. The summed E-state index contributed by atoms with van der Waals surface area (Å²) in [7, 11) is 0. The van der Waals surface area contributed by atoms with Crippen LogP contribution in [0.5, 0.6) is 0 Å². The van der Waals surface area contributed by atoms with Crippen LogP contribution in [-0.2, 0) is 0 Å². The maximum atomic E-state index is 9.46. The Kier molecular flexibility index (Phi) is 2.60. The maximum absolute atomic E-state index is 9.46. The molecule has 0 bridgehead atoms. The fourth-order valence-corrected chi connectivity index (χ4v) is 1.70. The Hall–Kier alpha value is -1.20. The lowest BCUT2D eigenvalue weighted by atomic mass is 10.3. The predicted octanol–water partition coefficient (Wildman–Crippen LogP) is 2.24.